The molecule has 0 bridgehead atoms. The van der Waals surface area contributed by atoms with Gasteiger partial charge in [-0.2, -0.15) is 0 Å². The van der Waals surface area contributed by atoms with Crippen molar-refractivity contribution >= 4 is 54.8 Å². The normalized spacial score (nSPS) is 19.2. The summed E-state index contributed by atoms with van der Waals surface area (Å²) in [5.41, 5.74) is 1.61. The van der Waals surface area contributed by atoms with E-state index in [1.165, 1.54) is 12.3 Å². The summed E-state index contributed by atoms with van der Waals surface area (Å²) >= 11 is 0. The number of nitrogens with one attached hydrogen (secondary N) is 2. The number of alkyl halides is 2. The van der Waals surface area contributed by atoms with Crippen molar-refractivity contribution in [3.8, 4) is 0 Å². The summed E-state index contributed by atoms with van der Waals surface area (Å²) in [5, 5.41) is 2.88. The van der Waals surface area contributed by atoms with E-state index >= 15 is 0 Å². The lowest BCUT2D eigenvalue weighted by atomic mass is 10.1. The fourth-order valence-corrected chi connectivity index (χ4v) is 7.31. The van der Waals surface area contributed by atoms with Crippen molar-refractivity contribution in [3.05, 3.63) is 42.1 Å². The van der Waals surface area contributed by atoms with Crippen LogP contribution in [0, 0.1) is 0 Å². The molecule has 2 aliphatic heterocycles. The van der Waals surface area contributed by atoms with Gasteiger partial charge in [-0.1, -0.05) is 0 Å². The van der Waals surface area contributed by atoms with Gasteiger partial charge in [-0.25, -0.2) is 32.2 Å². The lowest BCUT2D eigenvalue weighted by Gasteiger charge is -2.42. The predicted molar refractivity (Wildman–Crippen MR) is 160 cm³/mol. The van der Waals surface area contributed by atoms with Crippen LogP contribution in [0.25, 0.3) is 0 Å². The highest BCUT2D eigenvalue weighted by atomic mass is 32.3. The molecule has 3 heterocycles. The zero-order valence-corrected chi connectivity index (χ0v) is 25.1. The third kappa shape index (κ3) is 8.44. The van der Waals surface area contributed by atoms with Crippen molar-refractivity contribution < 1.29 is 31.5 Å². The maximum atomic E-state index is 13.6. The average Bonchev–Trinajstić information content (AvgIpc) is 2.88. The highest BCUT2D eigenvalue weighted by Crippen LogP contribution is 2.43. The van der Waals surface area contributed by atoms with E-state index in [1.807, 2.05) is 0 Å². The second kappa shape index (κ2) is 12.4. The number of rotatable bonds is 9. The summed E-state index contributed by atoms with van der Waals surface area (Å²) < 4.78 is 59.5. The summed E-state index contributed by atoms with van der Waals surface area (Å²) in [6.07, 6.45) is 5.55. The molecular formula is C27H37F2N5O5S2. The van der Waals surface area contributed by atoms with Crippen molar-refractivity contribution in [2.75, 3.05) is 82.4 Å². The number of anilines is 4. The van der Waals surface area contributed by atoms with Crippen LogP contribution in [0.4, 0.5) is 31.7 Å². The number of halogens is 2. The van der Waals surface area contributed by atoms with E-state index in [0.717, 1.165) is 11.5 Å². The SMILES string of the molecule is CCOC(=O)CS(=O)(=O)Nc1ccc(C(=O)Nc2ccnc(N3CCC(F)(F)CC3)c2)c(N2CCS(C)(C)CC2)c1. The van der Waals surface area contributed by atoms with Crippen molar-refractivity contribution in [1.82, 2.24) is 4.98 Å². The molecule has 0 aliphatic carbocycles. The van der Waals surface area contributed by atoms with Gasteiger partial charge in [0.2, 0.25) is 10.0 Å². The van der Waals surface area contributed by atoms with Gasteiger partial charge in [-0.3, -0.25) is 14.3 Å². The van der Waals surface area contributed by atoms with E-state index in [9.17, 15) is 26.8 Å². The van der Waals surface area contributed by atoms with Crippen LogP contribution >= 0.6 is 10.0 Å². The Morgan fingerprint density at radius 3 is 2.37 bits per heavy atom. The van der Waals surface area contributed by atoms with E-state index in [0.29, 0.717) is 35.8 Å². The molecule has 41 heavy (non-hydrogen) atoms. The number of carbonyl (C=O) groups is 2. The molecule has 0 atom stereocenters. The molecule has 0 unspecified atom stereocenters. The average molecular weight is 614 g/mol. The molecule has 0 spiro atoms. The molecule has 2 N–H and O–H groups in total. The van der Waals surface area contributed by atoms with Crippen molar-refractivity contribution in [3.63, 3.8) is 0 Å². The molecule has 4 rings (SSSR count). The van der Waals surface area contributed by atoms with Gasteiger partial charge in [0.05, 0.1) is 23.5 Å². The monoisotopic (exact) mass is 613 g/mol. The lowest BCUT2D eigenvalue weighted by molar-refractivity contribution is -0.139. The first-order valence-corrected chi connectivity index (χ1v) is 17.8. The number of pyridine rings is 1. The Balaban J connectivity index is 1.56. The minimum absolute atomic E-state index is 0.0720. The minimum Gasteiger partial charge on any atom is -0.465 e. The van der Waals surface area contributed by atoms with Crippen LogP contribution in [-0.4, -0.2) is 93.8 Å². The molecule has 0 saturated carbocycles. The molecule has 1 aromatic carbocycles. The van der Waals surface area contributed by atoms with Gasteiger partial charge in [-0.05, 0) is 55.2 Å². The standard InChI is InChI=1S/C27H37F2N5O5S2/c1-4-39-25(35)19-41(37,38)32-21-5-6-22(23(17-21)33-13-15-40(2,3)16-14-33)26(36)31-20-7-10-30-24(18-20)34-11-8-27(28,29)9-12-34/h5-7,10,17-18,32H,4,8-9,11-16,19H2,1-3H3,(H,30,31,36). The molecule has 0 radical (unpaired) electrons. The van der Waals surface area contributed by atoms with Gasteiger partial charge in [0.1, 0.15) is 5.82 Å². The second-order valence-corrected chi connectivity index (χ2v) is 16.8. The van der Waals surface area contributed by atoms with Crippen molar-refractivity contribution in [2.45, 2.75) is 25.7 Å². The molecular weight excluding hydrogens is 576 g/mol. The number of nitrogens with zero attached hydrogens (tertiary/aromatic N) is 3. The molecule has 226 valence electrons. The number of sulfonamides is 1. The van der Waals surface area contributed by atoms with Gasteiger partial charge < -0.3 is 19.9 Å². The minimum atomic E-state index is -4.02. The second-order valence-electron chi connectivity index (χ2n) is 10.8. The van der Waals surface area contributed by atoms with Crippen molar-refractivity contribution in [2.24, 2.45) is 0 Å². The Kier molecular flexibility index (Phi) is 9.32. The van der Waals surface area contributed by atoms with Crippen LogP contribution in [0.3, 0.4) is 0 Å². The number of amides is 1. The summed E-state index contributed by atoms with van der Waals surface area (Å²) in [6.45, 7) is 3.42. The number of hydrogen-bond donors (Lipinski definition) is 2. The zero-order chi connectivity index (χ0) is 29.8. The van der Waals surface area contributed by atoms with E-state index in [1.54, 1.807) is 36.1 Å². The molecule has 10 nitrogen and oxygen atoms in total. The number of benzene rings is 1. The maximum absolute atomic E-state index is 13.6. The molecule has 2 fully saturated rings. The summed E-state index contributed by atoms with van der Waals surface area (Å²) in [7, 11) is -4.77. The number of esters is 1. The van der Waals surface area contributed by atoms with Crippen molar-refractivity contribution in [1.29, 1.82) is 0 Å². The molecule has 2 saturated heterocycles. The Bertz CT molecular complexity index is 1370. The first-order valence-electron chi connectivity index (χ1n) is 13.4. The van der Waals surface area contributed by atoms with E-state index in [4.69, 9.17) is 4.74 Å². The predicted octanol–water partition coefficient (Wildman–Crippen LogP) is 3.76. The van der Waals surface area contributed by atoms with Crippen LogP contribution in [-0.2, 0) is 19.6 Å². The van der Waals surface area contributed by atoms with Gasteiger partial charge >= 0.3 is 5.97 Å². The Morgan fingerprint density at radius 2 is 1.71 bits per heavy atom. The van der Waals surface area contributed by atoms with E-state index in [2.05, 4.69) is 32.4 Å². The molecule has 2 aliphatic rings. The smallest absolute Gasteiger partial charge is 0.323 e. The van der Waals surface area contributed by atoms with E-state index < -0.39 is 43.6 Å². The fraction of sp³-hybridized carbons (Fsp3) is 0.519. The van der Waals surface area contributed by atoms with Gasteiger partial charge in [0.15, 0.2) is 5.75 Å². The van der Waals surface area contributed by atoms with Crippen LogP contribution in [0.2, 0.25) is 0 Å². The molecule has 1 aromatic heterocycles. The number of hydrogen-bond acceptors (Lipinski definition) is 8. The third-order valence-corrected chi connectivity index (χ3v) is 10.9. The maximum Gasteiger partial charge on any atom is 0.323 e. The van der Waals surface area contributed by atoms with Gasteiger partial charge in [0, 0.05) is 57.0 Å². The lowest BCUT2D eigenvalue weighted by Crippen LogP contribution is -2.39. The number of piperidine rings is 1. The summed E-state index contributed by atoms with van der Waals surface area (Å²) in [6, 6.07) is 7.92. The van der Waals surface area contributed by atoms with Crippen LogP contribution in [0.5, 0.6) is 0 Å². The molecule has 1 amide bonds. The number of ether oxygens (including phenoxy) is 1. The highest BCUT2D eigenvalue weighted by molar-refractivity contribution is 8.32. The van der Waals surface area contributed by atoms with Gasteiger partial charge in [0.25, 0.3) is 11.8 Å². The van der Waals surface area contributed by atoms with Crippen LogP contribution in [0.1, 0.15) is 30.1 Å². The van der Waals surface area contributed by atoms with Crippen LogP contribution in [0.15, 0.2) is 36.5 Å². The molecule has 2 aromatic rings. The Hall–Kier alpha value is -3.13. The summed E-state index contributed by atoms with van der Waals surface area (Å²) in [4.78, 5) is 33.4. The summed E-state index contributed by atoms with van der Waals surface area (Å²) in [5.74, 6) is -2.31. The quantitative estimate of drug-likeness (QED) is 0.411. The fourth-order valence-electron chi connectivity index (χ4n) is 4.72. The molecule has 14 heteroatoms. The number of carbonyl (C=O) groups excluding carboxylic acids is 2. The van der Waals surface area contributed by atoms with E-state index in [-0.39, 0.29) is 38.2 Å². The zero-order valence-electron chi connectivity index (χ0n) is 23.5. The third-order valence-electron chi connectivity index (χ3n) is 7.12. The Labute approximate surface area is 241 Å². The highest BCUT2D eigenvalue weighted by Gasteiger charge is 2.34. The largest absolute Gasteiger partial charge is 0.465 e. The Morgan fingerprint density at radius 1 is 1.02 bits per heavy atom. The first kappa shape index (κ1) is 30.8. The van der Waals surface area contributed by atoms with Crippen LogP contribution < -0.4 is 19.8 Å². The van der Waals surface area contributed by atoms with Gasteiger partial charge in [-0.15, -0.1) is 0 Å². The first-order chi connectivity index (χ1) is 19.3. The topological polar surface area (TPSA) is 121 Å². The number of aromatic nitrogens is 1.